The van der Waals surface area contributed by atoms with Gasteiger partial charge in [0.1, 0.15) is 11.8 Å². The molecule has 0 radical (unpaired) electrons. The number of nitrogens with one attached hydrogen (secondary N) is 1. The van der Waals surface area contributed by atoms with Crippen LogP contribution < -0.4 is 5.32 Å². The third-order valence-electron chi connectivity index (χ3n) is 2.78. The number of rotatable bonds is 5. The fraction of sp³-hybridized carbons (Fsp3) is 0.200. The number of nitriles is 1. The van der Waals surface area contributed by atoms with Gasteiger partial charge in [0.25, 0.3) is 0 Å². The minimum atomic E-state index is 0.458. The van der Waals surface area contributed by atoms with E-state index in [2.05, 4.69) is 16.4 Å². The van der Waals surface area contributed by atoms with Crippen LogP contribution >= 0.6 is 0 Å². The lowest BCUT2D eigenvalue weighted by Gasteiger charge is -2.11. The molecule has 0 unspecified atom stereocenters. The zero-order valence-corrected chi connectivity index (χ0v) is 10.8. The fourth-order valence-electron chi connectivity index (χ4n) is 1.85. The van der Waals surface area contributed by atoms with Gasteiger partial charge in [0.2, 0.25) is 0 Å². The molecule has 4 heteroatoms. The molecule has 0 aliphatic heterocycles. The zero-order valence-electron chi connectivity index (χ0n) is 10.8. The fourth-order valence-corrected chi connectivity index (χ4v) is 1.85. The molecule has 0 spiro atoms. The number of nitrogens with zero attached hydrogens (tertiary/aromatic N) is 2. The monoisotopic (exact) mass is 253 g/mol. The number of hydrogen-bond donors (Lipinski definition) is 1. The highest BCUT2D eigenvalue weighted by molar-refractivity contribution is 5.51. The smallest absolute Gasteiger partial charge is 0.145 e. The highest BCUT2D eigenvalue weighted by Crippen LogP contribution is 2.17. The van der Waals surface area contributed by atoms with E-state index >= 15 is 0 Å². The molecule has 1 heterocycles. The number of anilines is 1. The predicted octanol–water partition coefficient (Wildman–Crippen LogP) is 2.71. The van der Waals surface area contributed by atoms with Crippen molar-refractivity contribution in [2.24, 2.45) is 0 Å². The molecule has 0 aliphatic rings. The molecule has 1 aromatic heterocycles. The first-order valence-corrected chi connectivity index (χ1v) is 6.00. The molecule has 0 fully saturated rings. The van der Waals surface area contributed by atoms with Crippen molar-refractivity contribution in [2.45, 2.75) is 13.2 Å². The Morgan fingerprint density at radius 2 is 2.00 bits per heavy atom. The molecule has 0 amide bonds. The van der Waals surface area contributed by atoms with Crippen molar-refractivity contribution >= 4 is 5.69 Å². The normalized spacial score (nSPS) is 9.89. The summed E-state index contributed by atoms with van der Waals surface area (Å²) in [6.07, 6.45) is 1.63. The van der Waals surface area contributed by atoms with Crippen LogP contribution in [0.1, 0.15) is 16.8 Å². The summed E-state index contributed by atoms with van der Waals surface area (Å²) in [7, 11) is 1.67. The predicted molar refractivity (Wildman–Crippen MR) is 73.4 cm³/mol. The van der Waals surface area contributed by atoms with Crippen molar-refractivity contribution in [3.05, 3.63) is 59.4 Å². The average molecular weight is 253 g/mol. The van der Waals surface area contributed by atoms with Crippen molar-refractivity contribution in [3.8, 4) is 6.07 Å². The Hall–Kier alpha value is -2.38. The summed E-state index contributed by atoms with van der Waals surface area (Å²) in [5.74, 6) is 0. The van der Waals surface area contributed by atoms with Crippen molar-refractivity contribution in [2.75, 3.05) is 12.4 Å². The largest absolute Gasteiger partial charge is 0.381 e. The second-order valence-electron chi connectivity index (χ2n) is 4.07. The Kier molecular flexibility index (Phi) is 4.49. The molecular formula is C15H15N3O. The van der Waals surface area contributed by atoms with Gasteiger partial charge in [0.15, 0.2) is 0 Å². The Bertz CT molecular complexity index is 590. The number of benzene rings is 1. The van der Waals surface area contributed by atoms with E-state index in [1.165, 1.54) is 0 Å². The summed E-state index contributed by atoms with van der Waals surface area (Å²) >= 11 is 0. The lowest BCUT2D eigenvalue weighted by atomic mass is 10.1. The molecule has 0 bridgehead atoms. The highest BCUT2D eigenvalue weighted by Gasteiger charge is 2.04. The zero-order chi connectivity index (χ0) is 13.5. The van der Waals surface area contributed by atoms with Crippen LogP contribution in [-0.4, -0.2) is 12.1 Å². The van der Waals surface area contributed by atoms with E-state index in [0.29, 0.717) is 18.8 Å². The number of ether oxygens (including phenoxy) is 1. The molecule has 0 saturated carbocycles. The lowest BCUT2D eigenvalue weighted by molar-refractivity contribution is 0.185. The summed E-state index contributed by atoms with van der Waals surface area (Å²) in [5.41, 5.74) is 3.45. The third-order valence-corrected chi connectivity index (χ3v) is 2.78. The van der Waals surface area contributed by atoms with Crippen LogP contribution in [0.4, 0.5) is 5.69 Å². The molecule has 0 aliphatic carbocycles. The van der Waals surface area contributed by atoms with Crippen LogP contribution in [0.15, 0.2) is 42.6 Å². The maximum Gasteiger partial charge on any atom is 0.145 e. The lowest BCUT2D eigenvalue weighted by Crippen LogP contribution is -2.05. The molecule has 1 aromatic carbocycles. The molecule has 1 N–H and O–H groups in total. The maximum atomic E-state index is 8.99. The van der Waals surface area contributed by atoms with Crippen molar-refractivity contribution in [1.29, 1.82) is 5.26 Å². The molecule has 96 valence electrons. The Labute approximate surface area is 112 Å². The molecule has 2 rings (SSSR count). The van der Waals surface area contributed by atoms with Crippen LogP contribution in [0, 0.1) is 11.3 Å². The summed E-state index contributed by atoms with van der Waals surface area (Å²) in [6, 6.07) is 13.8. The van der Waals surface area contributed by atoms with Gasteiger partial charge in [-0.1, -0.05) is 24.3 Å². The Balaban J connectivity index is 2.13. The van der Waals surface area contributed by atoms with Gasteiger partial charge in [-0.15, -0.1) is 0 Å². The summed E-state index contributed by atoms with van der Waals surface area (Å²) in [5, 5.41) is 12.3. The Morgan fingerprint density at radius 3 is 2.79 bits per heavy atom. The van der Waals surface area contributed by atoms with Crippen LogP contribution in [0.25, 0.3) is 0 Å². The number of pyridine rings is 1. The minimum Gasteiger partial charge on any atom is -0.381 e. The molecular weight excluding hydrogens is 238 g/mol. The Morgan fingerprint density at radius 1 is 1.21 bits per heavy atom. The first-order chi connectivity index (χ1) is 9.35. The molecule has 4 nitrogen and oxygen atoms in total. The number of methoxy groups -OCH3 is 1. The number of para-hydroxylation sites is 1. The van der Waals surface area contributed by atoms with Crippen molar-refractivity contribution in [3.63, 3.8) is 0 Å². The third kappa shape index (κ3) is 3.30. The highest BCUT2D eigenvalue weighted by atomic mass is 16.5. The molecule has 2 aromatic rings. The first kappa shape index (κ1) is 13.1. The van der Waals surface area contributed by atoms with Gasteiger partial charge in [-0.25, -0.2) is 4.98 Å². The van der Waals surface area contributed by atoms with E-state index in [-0.39, 0.29) is 0 Å². The van der Waals surface area contributed by atoms with Crippen LogP contribution in [0.5, 0.6) is 0 Å². The van der Waals surface area contributed by atoms with Gasteiger partial charge < -0.3 is 10.1 Å². The molecule has 0 saturated heterocycles. The van der Waals surface area contributed by atoms with Gasteiger partial charge in [0, 0.05) is 36.7 Å². The van der Waals surface area contributed by atoms with Gasteiger partial charge in [0.05, 0.1) is 6.61 Å². The van der Waals surface area contributed by atoms with E-state index in [1.54, 1.807) is 13.3 Å². The molecule has 0 atom stereocenters. The summed E-state index contributed by atoms with van der Waals surface area (Å²) < 4.78 is 5.16. The topological polar surface area (TPSA) is 57.9 Å². The van der Waals surface area contributed by atoms with Crippen LogP contribution in [0.2, 0.25) is 0 Å². The van der Waals surface area contributed by atoms with Crippen LogP contribution in [-0.2, 0) is 17.9 Å². The van der Waals surface area contributed by atoms with Gasteiger partial charge in [-0.05, 0) is 12.1 Å². The SMILES string of the molecule is COCc1ccccc1NCc1cccnc1C#N. The van der Waals surface area contributed by atoms with Gasteiger partial charge in [-0.2, -0.15) is 5.26 Å². The van der Waals surface area contributed by atoms with Gasteiger partial charge >= 0.3 is 0 Å². The second-order valence-corrected chi connectivity index (χ2v) is 4.07. The van der Waals surface area contributed by atoms with Crippen molar-refractivity contribution in [1.82, 2.24) is 4.98 Å². The van der Waals surface area contributed by atoms with E-state index < -0.39 is 0 Å². The van der Waals surface area contributed by atoms with E-state index in [0.717, 1.165) is 16.8 Å². The summed E-state index contributed by atoms with van der Waals surface area (Å²) in [4.78, 5) is 4.04. The summed E-state index contributed by atoms with van der Waals surface area (Å²) in [6.45, 7) is 1.12. The maximum absolute atomic E-state index is 8.99. The quantitative estimate of drug-likeness (QED) is 0.890. The van der Waals surface area contributed by atoms with Gasteiger partial charge in [-0.3, -0.25) is 0 Å². The minimum absolute atomic E-state index is 0.458. The average Bonchev–Trinajstić information content (AvgIpc) is 2.47. The van der Waals surface area contributed by atoms with E-state index in [4.69, 9.17) is 10.00 Å². The molecule has 19 heavy (non-hydrogen) atoms. The van der Waals surface area contributed by atoms with E-state index in [9.17, 15) is 0 Å². The van der Waals surface area contributed by atoms with E-state index in [1.807, 2.05) is 36.4 Å². The standard InChI is InChI=1S/C15H15N3O/c1-19-11-13-5-2-3-7-14(13)18-10-12-6-4-8-17-15(12)9-16/h2-8,18H,10-11H2,1H3. The van der Waals surface area contributed by atoms with Crippen molar-refractivity contribution < 1.29 is 4.74 Å². The first-order valence-electron chi connectivity index (χ1n) is 6.00. The second kappa shape index (κ2) is 6.53. The number of aromatic nitrogens is 1. The number of hydrogen-bond acceptors (Lipinski definition) is 4. The van der Waals surface area contributed by atoms with Crippen LogP contribution in [0.3, 0.4) is 0 Å².